The van der Waals surface area contributed by atoms with E-state index in [-0.39, 0.29) is 35.4 Å². The molecule has 250 valence electrons. The molecule has 17 nitrogen and oxygen atoms in total. The molecule has 45 heavy (non-hydrogen) atoms. The Morgan fingerprint density at radius 3 is 2.18 bits per heavy atom. The fourth-order valence-corrected chi connectivity index (χ4v) is 4.06. The number of esters is 4. The largest absolute Gasteiger partial charge is 0.463 e. The summed E-state index contributed by atoms with van der Waals surface area (Å²) >= 11 is 0. The number of nitrogens with zero attached hydrogens (tertiary/aromatic N) is 3. The van der Waals surface area contributed by atoms with Crippen molar-refractivity contribution in [2.75, 3.05) is 25.6 Å². The van der Waals surface area contributed by atoms with Gasteiger partial charge in [-0.1, -0.05) is 27.7 Å². The second kappa shape index (κ2) is 15.7. The van der Waals surface area contributed by atoms with E-state index in [2.05, 4.69) is 15.0 Å². The second-order valence-corrected chi connectivity index (χ2v) is 11.3. The van der Waals surface area contributed by atoms with E-state index >= 15 is 0 Å². The smallest absolute Gasteiger partial charge is 0.323 e. The average Bonchev–Trinajstić information content (AvgIpc) is 3.57. The van der Waals surface area contributed by atoms with E-state index in [1.165, 1.54) is 10.9 Å². The Morgan fingerprint density at radius 2 is 1.60 bits per heavy atom. The van der Waals surface area contributed by atoms with Gasteiger partial charge in [-0.15, -0.1) is 0 Å². The minimum absolute atomic E-state index is 0.00167. The summed E-state index contributed by atoms with van der Waals surface area (Å²) in [7, 11) is 0. The number of aromatic nitrogens is 4. The molecule has 1 aliphatic rings. The van der Waals surface area contributed by atoms with Crippen molar-refractivity contribution >= 4 is 41.0 Å². The molecule has 1 fully saturated rings. The van der Waals surface area contributed by atoms with E-state index in [0.29, 0.717) is 0 Å². The minimum atomic E-state index is -1.52. The van der Waals surface area contributed by atoms with Crippen LogP contribution in [0.3, 0.4) is 0 Å². The first-order chi connectivity index (χ1) is 21.2. The summed E-state index contributed by atoms with van der Waals surface area (Å²) in [6.45, 7) is 5.53. The highest BCUT2D eigenvalue weighted by Crippen LogP contribution is 2.32. The first kappa shape index (κ1) is 35.3. The highest BCUT2D eigenvalue weighted by Gasteiger charge is 2.38. The SMILES string of the molecule is CC(C)[C@H](N)C(=O)OCC(COC(=O)[C@@H](N)C(C)C)OC(=O)CCC(=O)OC[C@H]1O[C@@H](n2cnc3c(=O)[nH]c(N)nc32)C[C@@H]1F. The predicted octanol–water partition coefficient (Wildman–Crippen LogP) is -0.384. The number of nitrogen functional groups attached to an aromatic ring is 1. The van der Waals surface area contributed by atoms with E-state index in [1.807, 2.05) is 0 Å². The van der Waals surface area contributed by atoms with Crippen LogP contribution >= 0.6 is 0 Å². The Labute approximate surface area is 257 Å². The van der Waals surface area contributed by atoms with Crippen molar-refractivity contribution in [3.63, 3.8) is 0 Å². The lowest BCUT2D eigenvalue weighted by molar-refractivity contribution is -0.169. The number of nitrogens with one attached hydrogen (secondary N) is 1. The lowest BCUT2D eigenvalue weighted by atomic mass is 10.1. The van der Waals surface area contributed by atoms with Crippen molar-refractivity contribution in [3.05, 3.63) is 16.7 Å². The number of H-pyrrole nitrogens is 1. The van der Waals surface area contributed by atoms with Crippen molar-refractivity contribution in [2.24, 2.45) is 23.3 Å². The highest BCUT2D eigenvalue weighted by molar-refractivity contribution is 5.78. The van der Waals surface area contributed by atoms with Crippen molar-refractivity contribution in [2.45, 2.75) is 83.6 Å². The molecule has 0 radical (unpaired) electrons. The van der Waals surface area contributed by atoms with Gasteiger partial charge in [0.15, 0.2) is 17.3 Å². The number of anilines is 1. The predicted molar refractivity (Wildman–Crippen MR) is 154 cm³/mol. The van der Waals surface area contributed by atoms with Gasteiger partial charge in [0.05, 0.1) is 19.2 Å². The Morgan fingerprint density at radius 1 is 1.02 bits per heavy atom. The van der Waals surface area contributed by atoms with E-state index in [4.69, 9.17) is 40.9 Å². The molecule has 7 N–H and O–H groups in total. The van der Waals surface area contributed by atoms with Crippen molar-refractivity contribution < 1.29 is 47.3 Å². The van der Waals surface area contributed by atoms with Crippen molar-refractivity contribution in [3.8, 4) is 0 Å². The third-order valence-electron chi connectivity index (χ3n) is 6.97. The molecular formula is C27H40FN7O10. The number of nitrogens with two attached hydrogens (primary N) is 3. The molecule has 2 aromatic rings. The van der Waals surface area contributed by atoms with Gasteiger partial charge >= 0.3 is 23.9 Å². The molecule has 0 bridgehead atoms. The van der Waals surface area contributed by atoms with Crippen LogP contribution in [-0.4, -0.2) is 93.7 Å². The molecule has 0 aromatic carbocycles. The van der Waals surface area contributed by atoms with Gasteiger partial charge in [0.25, 0.3) is 5.56 Å². The average molecular weight is 642 g/mol. The molecule has 3 rings (SSSR count). The molecule has 1 aliphatic heterocycles. The number of ether oxygens (including phenoxy) is 5. The molecule has 2 aromatic heterocycles. The van der Waals surface area contributed by atoms with Crippen molar-refractivity contribution in [1.82, 2.24) is 19.5 Å². The Balaban J connectivity index is 1.49. The first-order valence-corrected chi connectivity index (χ1v) is 14.4. The van der Waals surface area contributed by atoms with Gasteiger partial charge in [0.1, 0.15) is 50.4 Å². The zero-order chi connectivity index (χ0) is 33.4. The van der Waals surface area contributed by atoms with E-state index < -0.39 is 98.8 Å². The zero-order valence-electron chi connectivity index (χ0n) is 25.5. The fraction of sp³-hybridized carbons (Fsp3) is 0.667. The quantitative estimate of drug-likeness (QED) is 0.143. The molecule has 3 heterocycles. The number of hydrogen-bond donors (Lipinski definition) is 4. The summed E-state index contributed by atoms with van der Waals surface area (Å²) in [5.74, 6) is -3.76. The van der Waals surface area contributed by atoms with Crippen molar-refractivity contribution in [1.29, 1.82) is 0 Å². The zero-order valence-corrected chi connectivity index (χ0v) is 25.5. The van der Waals surface area contributed by atoms with E-state index in [1.54, 1.807) is 27.7 Å². The number of hydrogen-bond acceptors (Lipinski definition) is 15. The van der Waals surface area contributed by atoms with Crippen LogP contribution in [-0.2, 0) is 42.9 Å². The molecular weight excluding hydrogens is 601 g/mol. The van der Waals surface area contributed by atoms with Gasteiger partial charge in [-0.2, -0.15) is 4.98 Å². The van der Waals surface area contributed by atoms with Crippen LogP contribution < -0.4 is 22.8 Å². The first-order valence-electron chi connectivity index (χ1n) is 14.4. The number of fused-ring (bicyclic) bond motifs is 1. The number of alkyl halides is 1. The topological polar surface area (TPSA) is 256 Å². The third kappa shape index (κ3) is 9.66. The molecule has 1 saturated heterocycles. The maximum absolute atomic E-state index is 14.7. The van der Waals surface area contributed by atoms with Crippen LogP contribution in [0.5, 0.6) is 0 Å². The number of rotatable bonds is 15. The van der Waals surface area contributed by atoms with Gasteiger partial charge in [-0.05, 0) is 11.8 Å². The third-order valence-corrected chi connectivity index (χ3v) is 6.97. The summed E-state index contributed by atoms with van der Waals surface area (Å²) in [4.78, 5) is 71.4. The number of imidazole rings is 1. The molecule has 18 heteroatoms. The molecule has 5 atom stereocenters. The lowest BCUT2D eigenvalue weighted by Crippen LogP contribution is -2.41. The summed E-state index contributed by atoms with van der Waals surface area (Å²) in [6, 6.07) is -1.84. The van der Waals surface area contributed by atoms with Gasteiger partial charge < -0.3 is 40.9 Å². The lowest BCUT2D eigenvalue weighted by Gasteiger charge is -2.21. The van der Waals surface area contributed by atoms with Crippen LogP contribution in [0.4, 0.5) is 10.3 Å². The van der Waals surface area contributed by atoms with Gasteiger partial charge in [-0.25, -0.2) is 9.37 Å². The maximum atomic E-state index is 14.7. The summed E-state index contributed by atoms with van der Waals surface area (Å²) in [6.07, 6.45) is -4.46. The van der Waals surface area contributed by atoms with Crippen LogP contribution in [0.15, 0.2) is 11.1 Å². The standard InChI is InChI=1S/C27H40FN7O10/c1-12(2)20(29)25(39)42-8-14(9-43-26(40)21(30)13(3)4)44-19(37)6-5-18(36)41-10-16-15(28)7-17(45-16)35-11-32-22-23(35)33-27(31)34-24(22)38/h11-17,20-21H,5-10,29-30H2,1-4H3,(H3,31,33,34,38)/t15-,16+,17+,20-,21-/m0/s1. The maximum Gasteiger partial charge on any atom is 0.323 e. The van der Waals surface area contributed by atoms with Crippen LogP contribution in [0.25, 0.3) is 11.2 Å². The van der Waals surface area contributed by atoms with E-state index in [9.17, 15) is 28.4 Å². The molecule has 0 saturated carbocycles. The molecule has 0 aliphatic carbocycles. The molecule has 0 spiro atoms. The molecule has 0 amide bonds. The normalized spacial score (nSPS) is 19.6. The van der Waals surface area contributed by atoms with Crippen LogP contribution in [0.1, 0.15) is 53.2 Å². The second-order valence-electron chi connectivity index (χ2n) is 11.3. The van der Waals surface area contributed by atoms with Crippen LogP contribution in [0, 0.1) is 11.8 Å². The summed E-state index contributed by atoms with van der Waals surface area (Å²) < 4.78 is 42.4. The van der Waals surface area contributed by atoms with Gasteiger partial charge in [-0.3, -0.25) is 33.5 Å². The fourth-order valence-electron chi connectivity index (χ4n) is 4.06. The Bertz CT molecular complexity index is 1380. The summed E-state index contributed by atoms with van der Waals surface area (Å²) in [5.41, 5.74) is 16.7. The number of carbonyl (C=O) groups is 4. The highest BCUT2D eigenvalue weighted by atomic mass is 19.1. The van der Waals surface area contributed by atoms with Gasteiger partial charge in [0, 0.05) is 6.42 Å². The minimum Gasteiger partial charge on any atom is -0.463 e. The monoisotopic (exact) mass is 641 g/mol. The number of aromatic amines is 1. The van der Waals surface area contributed by atoms with Gasteiger partial charge in [0.2, 0.25) is 5.95 Å². The number of carbonyl (C=O) groups excluding carboxylic acids is 4. The Kier molecular flexibility index (Phi) is 12.3. The summed E-state index contributed by atoms with van der Waals surface area (Å²) in [5, 5.41) is 0. The van der Waals surface area contributed by atoms with E-state index in [0.717, 1.165) is 0 Å². The number of halogens is 1. The van der Waals surface area contributed by atoms with Crippen LogP contribution in [0.2, 0.25) is 0 Å². The molecule has 0 unspecified atom stereocenters. The Hall–Kier alpha value is -4.16.